The lowest BCUT2D eigenvalue weighted by Crippen LogP contribution is -2.16. The molecule has 0 aliphatic heterocycles. The first-order chi connectivity index (χ1) is 14.4. The molecule has 1 amide bonds. The van der Waals surface area contributed by atoms with E-state index in [4.69, 9.17) is 4.74 Å². The fourth-order valence-electron chi connectivity index (χ4n) is 2.63. The van der Waals surface area contributed by atoms with E-state index in [9.17, 15) is 18.0 Å². The maximum absolute atomic E-state index is 12.6. The van der Waals surface area contributed by atoms with Gasteiger partial charge in [-0.2, -0.15) is 0 Å². The molecule has 3 rings (SSSR count). The summed E-state index contributed by atoms with van der Waals surface area (Å²) in [5.74, 6) is -0.921. The molecular weight excluding hydrogens is 404 g/mol. The van der Waals surface area contributed by atoms with Crippen LogP contribution in [0.5, 0.6) is 0 Å². The number of rotatable bonds is 7. The van der Waals surface area contributed by atoms with E-state index in [1.807, 2.05) is 0 Å². The number of nitrogens with one attached hydrogen (secondary N) is 2. The zero-order valence-corrected chi connectivity index (χ0v) is 17.0. The quantitative estimate of drug-likeness (QED) is 0.560. The number of para-hydroxylation sites is 1. The largest absolute Gasteiger partial charge is 0.462 e. The van der Waals surface area contributed by atoms with Crippen LogP contribution >= 0.6 is 0 Å². The van der Waals surface area contributed by atoms with Crippen LogP contribution in [0.15, 0.2) is 83.8 Å². The molecule has 0 fully saturated rings. The molecule has 0 spiro atoms. The fraction of sp³-hybridized carbons (Fsp3) is 0.0909. The van der Waals surface area contributed by atoms with E-state index in [-0.39, 0.29) is 17.1 Å². The van der Waals surface area contributed by atoms with Gasteiger partial charge in [0.1, 0.15) is 0 Å². The van der Waals surface area contributed by atoms with Crippen molar-refractivity contribution in [3.05, 3.63) is 90.0 Å². The number of ether oxygens (including phenoxy) is 1. The second kappa shape index (κ2) is 9.23. The normalized spacial score (nSPS) is 10.8. The zero-order chi connectivity index (χ0) is 21.6. The Balaban J connectivity index is 1.74. The van der Waals surface area contributed by atoms with Crippen molar-refractivity contribution in [3.63, 3.8) is 0 Å². The summed E-state index contributed by atoms with van der Waals surface area (Å²) >= 11 is 0. The number of carbonyl (C=O) groups excluding carboxylic acids is 2. The van der Waals surface area contributed by atoms with Gasteiger partial charge in [-0.25, -0.2) is 13.2 Å². The Morgan fingerprint density at radius 1 is 0.833 bits per heavy atom. The fourth-order valence-corrected chi connectivity index (χ4v) is 3.74. The van der Waals surface area contributed by atoms with Gasteiger partial charge in [-0.3, -0.25) is 9.52 Å². The van der Waals surface area contributed by atoms with Crippen LogP contribution in [0.2, 0.25) is 0 Å². The topological polar surface area (TPSA) is 102 Å². The summed E-state index contributed by atoms with van der Waals surface area (Å²) in [6.07, 6.45) is 0. The predicted molar refractivity (Wildman–Crippen MR) is 114 cm³/mol. The van der Waals surface area contributed by atoms with Crippen molar-refractivity contribution in [2.45, 2.75) is 11.8 Å². The molecule has 0 heterocycles. The van der Waals surface area contributed by atoms with Gasteiger partial charge in [0.25, 0.3) is 15.9 Å². The van der Waals surface area contributed by atoms with Gasteiger partial charge in [-0.1, -0.05) is 24.3 Å². The molecule has 0 unspecified atom stereocenters. The van der Waals surface area contributed by atoms with Crippen LogP contribution in [-0.2, 0) is 14.8 Å². The van der Waals surface area contributed by atoms with Crippen molar-refractivity contribution in [2.24, 2.45) is 0 Å². The minimum atomic E-state index is -3.84. The smallest absolute Gasteiger partial charge is 0.338 e. The van der Waals surface area contributed by atoms with Gasteiger partial charge < -0.3 is 10.1 Å². The molecule has 3 aromatic carbocycles. The first kappa shape index (κ1) is 21.1. The number of anilines is 2. The van der Waals surface area contributed by atoms with Gasteiger partial charge in [0.15, 0.2) is 0 Å². The maximum atomic E-state index is 12.6. The van der Waals surface area contributed by atoms with E-state index < -0.39 is 21.9 Å². The minimum absolute atomic E-state index is 0.0309. The number of benzene rings is 3. The van der Waals surface area contributed by atoms with Gasteiger partial charge >= 0.3 is 5.97 Å². The van der Waals surface area contributed by atoms with Crippen LogP contribution in [-0.4, -0.2) is 26.9 Å². The number of sulfonamides is 1. The van der Waals surface area contributed by atoms with Crippen LogP contribution in [0.3, 0.4) is 0 Å². The highest BCUT2D eigenvalue weighted by Crippen LogP contribution is 2.18. The van der Waals surface area contributed by atoms with Crippen molar-refractivity contribution >= 4 is 33.3 Å². The highest BCUT2D eigenvalue weighted by atomic mass is 32.2. The molecule has 2 N–H and O–H groups in total. The van der Waals surface area contributed by atoms with Crippen LogP contribution < -0.4 is 10.0 Å². The van der Waals surface area contributed by atoms with Crippen molar-refractivity contribution in [1.82, 2.24) is 0 Å². The van der Waals surface area contributed by atoms with E-state index in [2.05, 4.69) is 10.0 Å². The molecule has 0 bridgehead atoms. The minimum Gasteiger partial charge on any atom is -0.462 e. The van der Waals surface area contributed by atoms with Crippen molar-refractivity contribution < 1.29 is 22.7 Å². The first-order valence-electron chi connectivity index (χ1n) is 9.15. The maximum Gasteiger partial charge on any atom is 0.338 e. The Morgan fingerprint density at radius 3 is 2.20 bits per heavy atom. The molecular formula is C22H20N2O5S. The molecule has 0 aliphatic rings. The van der Waals surface area contributed by atoms with Gasteiger partial charge in [-0.05, 0) is 61.5 Å². The lowest BCUT2D eigenvalue weighted by atomic mass is 10.2. The number of hydrogen-bond donors (Lipinski definition) is 2. The SMILES string of the molecule is CCOC(=O)c1ccc(NC(=O)c2cccc(S(=O)(=O)Nc3ccccc3)c2)cc1. The second-order valence-electron chi connectivity index (χ2n) is 6.25. The Morgan fingerprint density at radius 2 is 1.53 bits per heavy atom. The molecule has 0 atom stereocenters. The Labute approximate surface area is 174 Å². The number of amides is 1. The molecule has 0 radical (unpaired) electrons. The summed E-state index contributed by atoms with van der Waals surface area (Å²) in [6.45, 7) is 1.99. The van der Waals surface area contributed by atoms with E-state index in [1.165, 1.54) is 36.4 Å². The highest BCUT2D eigenvalue weighted by Gasteiger charge is 2.17. The molecule has 3 aromatic rings. The lowest BCUT2D eigenvalue weighted by Gasteiger charge is -2.10. The Hall–Kier alpha value is -3.65. The average molecular weight is 424 g/mol. The monoisotopic (exact) mass is 424 g/mol. The molecule has 154 valence electrons. The summed E-state index contributed by atoms with van der Waals surface area (Å²) < 4.78 is 32.6. The molecule has 30 heavy (non-hydrogen) atoms. The third kappa shape index (κ3) is 5.24. The Kier molecular flexibility index (Phi) is 6.48. The third-order valence-corrected chi connectivity index (χ3v) is 5.47. The molecule has 0 aromatic heterocycles. The van der Waals surface area contributed by atoms with Crippen molar-refractivity contribution in [1.29, 1.82) is 0 Å². The van der Waals surface area contributed by atoms with E-state index in [0.717, 1.165) is 0 Å². The summed E-state index contributed by atoms with van der Waals surface area (Å²) in [5, 5.41) is 2.68. The third-order valence-electron chi connectivity index (χ3n) is 4.09. The van der Waals surface area contributed by atoms with Gasteiger partial charge in [0.2, 0.25) is 0 Å². The summed E-state index contributed by atoms with van der Waals surface area (Å²) in [4.78, 5) is 24.2. The molecule has 7 nitrogen and oxygen atoms in total. The van der Waals surface area contributed by atoms with Crippen LogP contribution in [0, 0.1) is 0 Å². The van der Waals surface area contributed by atoms with Gasteiger partial charge in [0, 0.05) is 16.9 Å². The number of hydrogen-bond acceptors (Lipinski definition) is 5. The van der Waals surface area contributed by atoms with E-state index in [0.29, 0.717) is 16.9 Å². The number of carbonyl (C=O) groups is 2. The lowest BCUT2D eigenvalue weighted by molar-refractivity contribution is 0.0526. The molecule has 0 aliphatic carbocycles. The van der Waals surface area contributed by atoms with E-state index >= 15 is 0 Å². The van der Waals surface area contributed by atoms with Gasteiger partial charge in [0.05, 0.1) is 17.1 Å². The van der Waals surface area contributed by atoms with Crippen molar-refractivity contribution in [3.8, 4) is 0 Å². The molecule has 0 saturated heterocycles. The predicted octanol–water partition coefficient (Wildman–Crippen LogP) is 3.92. The summed E-state index contributed by atoms with van der Waals surface area (Å²) in [5.41, 5.74) is 1.44. The zero-order valence-electron chi connectivity index (χ0n) is 16.2. The van der Waals surface area contributed by atoms with Gasteiger partial charge in [-0.15, -0.1) is 0 Å². The second-order valence-corrected chi connectivity index (χ2v) is 7.93. The average Bonchev–Trinajstić information content (AvgIpc) is 2.75. The van der Waals surface area contributed by atoms with Crippen molar-refractivity contribution in [2.75, 3.05) is 16.6 Å². The van der Waals surface area contributed by atoms with Crippen LogP contribution in [0.25, 0.3) is 0 Å². The number of esters is 1. The highest BCUT2D eigenvalue weighted by molar-refractivity contribution is 7.92. The van der Waals surface area contributed by atoms with Crippen LogP contribution in [0.1, 0.15) is 27.6 Å². The summed E-state index contributed by atoms with van der Waals surface area (Å²) in [7, 11) is -3.84. The van der Waals surface area contributed by atoms with Crippen LogP contribution in [0.4, 0.5) is 11.4 Å². The first-order valence-corrected chi connectivity index (χ1v) is 10.6. The Bertz CT molecular complexity index is 1140. The molecule has 0 saturated carbocycles. The van der Waals surface area contributed by atoms with E-state index in [1.54, 1.807) is 49.4 Å². The molecule has 8 heteroatoms. The standard InChI is InChI=1S/C22H20N2O5S/c1-2-29-22(26)16-11-13-18(14-12-16)23-21(25)17-7-6-10-20(15-17)30(27,28)24-19-8-4-3-5-9-19/h3-15,24H,2H2,1H3,(H,23,25). The summed E-state index contributed by atoms with van der Waals surface area (Å²) in [6, 6.07) is 20.4.